The molecule has 0 spiro atoms. The smallest absolute Gasteiger partial charge is 0.223 e. The van der Waals surface area contributed by atoms with Crippen LogP contribution in [0.1, 0.15) is 38.5 Å². The van der Waals surface area contributed by atoms with E-state index >= 15 is 0 Å². The Morgan fingerprint density at radius 3 is 2.60 bits per heavy atom. The van der Waals surface area contributed by atoms with Crippen LogP contribution < -0.4 is 0 Å². The summed E-state index contributed by atoms with van der Waals surface area (Å²) in [5, 5.41) is 10.5. The average Bonchev–Trinajstić information content (AvgIpc) is 2.45. The first-order chi connectivity index (χ1) is 7.09. The van der Waals surface area contributed by atoms with Gasteiger partial charge in [-0.25, -0.2) is 0 Å². The first-order valence-corrected chi connectivity index (χ1v) is 6.29. The van der Waals surface area contributed by atoms with Gasteiger partial charge in [-0.05, 0) is 12.8 Å². The van der Waals surface area contributed by atoms with Gasteiger partial charge in [-0.2, -0.15) is 12.6 Å². The first kappa shape index (κ1) is 11.3. The molecule has 0 bridgehead atoms. The number of carbonyl (C=O) groups is 1. The van der Waals surface area contributed by atoms with Gasteiger partial charge in [-0.3, -0.25) is 4.79 Å². The van der Waals surface area contributed by atoms with Crippen LogP contribution in [0, 0.1) is 0 Å². The molecule has 15 heavy (non-hydrogen) atoms. The monoisotopic (exact) mass is 229 g/mol. The fourth-order valence-corrected chi connectivity index (χ4v) is 2.98. The Balaban J connectivity index is 1.92. The van der Waals surface area contributed by atoms with E-state index in [0.29, 0.717) is 19.5 Å². The van der Waals surface area contributed by atoms with Gasteiger partial charge in [0.15, 0.2) is 0 Å². The molecule has 1 aliphatic carbocycles. The second kappa shape index (κ2) is 4.34. The van der Waals surface area contributed by atoms with E-state index < -0.39 is 5.60 Å². The van der Waals surface area contributed by atoms with Crippen LogP contribution in [0.25, 0.3) is 0 Å². The maximum Gasteiger partial charge on any atom is 0.223 e. The molecule has 1 saturated carbocycles. The van der Waals surface area contributed by atoms with E-state index in [2.05, 4.69) is 12.6 Å². The minimum Gasteiger partial charge on any atom is -0.388 e. The van der Waals surface area contributed by atoms with Crippen molar-refractivity contribution >= 4 is 18.5 Å². The van der Waals surface area contributed by atoms with Gasteiger partial charge < -0.3 is 10.0 Å². The van der Waals surface area contributed by atoms with Crippen molar-refractivity contribution < 1.29 is 9.90 Å². The van der Waals surface area contributed by atoms with Gasteiger partial charge in [0.1, 0.15) is 0 Å². The molecule has 1 aliphatic heterocycles. The topological polar surface area (TPSA) is 40.5 Å². The predicted octanol–water partition coefficient (Wildman–Crippen LogP) is 1.21. The molecule has 1 heterocycles. The molecule has 2 rings (SSSR count). The Bertz CT molecular complexity index is 251. The van der Waals surface area contributed by atoms with E-state index in [0.717, 1.165) is 25.7 Å². The highest BCUT2D eigenvalue weighted by Crippen LogP contribution is 2.30. The Morgan fingerprint density at radius 2 is 2.07 bits per heavy atom. The Kier molecular flexibility index (Phi) is 3.26. The van der Waals surface area contributed by atoms with Crippen LogP contribution in [-0.2, 0) is 4.79 Å². The largest absolute Gasteiger partial charge is 0.388 e. The zero-order valence-electron chi connectivity index (χ0n) is 8.98. The highest BCUT2D eigenvalue weighted by atomic mass is 32.1. The normalized spacial score (nSPS) is 30.9. The Hall–Kier alpha value is -0.220. The van der Waals surface area contributed by atoms with Gasteiger partial charge in [0.2, 0.25) is 5.91 Å². The zero-order valence-corrected chi connectivity index (χ0v) is 9.88. The highest BCUT2D eigenvalue weighted by Gasteiger charge is 2.36. The SMILES string of the molecule is O=C1CC(S)CN1CC1(O)CCCCC1. The number of β-amino-alcohol motifs (C(OH)–C–C–N with tert-alkyl or cyclic N) is 1. The molecule has 3 nitrogen and oxygen atoms in total. The quantitative estimate of drug-likeness (QED) is 0.699. The molecule has 0 aromatic rings. The molecule has 1 saturated heterocycles. The van der Waals surface area contributed by atoms with Crippen LogP contribution >= 0.6 is 12.6 Å². The molecule has 2 fully saturated rings. The molecule has 1 amide bonds. The Labute approximate surface area is 96.2 Å². The van der Waals surface area contributed by atoms with Crippen molar-refractivity contribution in [3.8, 4) is 0 Å². The highest BCUT2D eigenvalue weighted by molar-refractivity contribution is 7.81. The summed E-state index contributed by atoms with van der Waals surface area (Å²) in [6.45, 7) is 1.22. The molecule has 0 aromatic heterocycles. The van der Waals surface area contributed by atoms with E-state index in [4.69, 9.17) is 0 Å². The molecule has 1 atom stereocenters. The summed E-state index contributed by atoms with van der Waals surface area (Å²) in [5.41, 5.74) is -0.619. The number of nitrogens with zero attached hydrogens (tertiary/aromatic N) is 1. The first-order valence-electron chi connectivity index (χ1n) is 5.77. The number of hydrogen-bond donors (Lipinski definition) is 2. The number of thiol groups is 1. The maximum absolute atomic E-state index is 11.6. The van der Waals surface area contributed by atoms with Crippen LogP contribution in [0.4, 0.5) is 0 Å². The molecule has 0 aromatic carbocycles. The molecule has 1 unspecified atom stereocenters. The van der Waals surface area contributed by atoms with Crippen LogP contribution in [0.15, 0.2) is 0 Å². The average molecular weight is 229 g/mol. The van der Waals surface area contributed by atoms with E-state index in [9.17, 15) is 9.90 Å². The van der Waals surface area contributed by atoms with Gasteiger partial charge in [0.05, 0.1) is 5.60 Å². The number of aliphatic hydroxyl groups is 1. The van der Waals surface area contributed by atoms with E-state index in [1.807, 2.05) is 0 Å². The van der Waals surface area contributed by atoms with Gasteiger partial charge in [0, 0.05) is 24.8 Å². The van der Waals surface area contributed by atoms with Crippen molar-refractivity contribution in [3.63, 3.8) is 0 Å². The van der Waals surface area contributed by atoms with E-state index in [-0.39, 0.29) is 11.2 Å². The third-order valence-corrected chi connectivity index (χ3v) is 3.81. The summed E-state index contributed by atoms with van der Waals surface area (Å²) < 4.78 is 0. The molecule has 1 N–H and O–H groups in total. The van der Waals surface area contributed by atoms with Crippen molar-refractivity contribution in [2.24, 2.45) is 0 Å². The lowest BCUT2D eigenvalue weighted by atomic mass is 9.84. The van der Waals surface area contributed by atoms with E-state index in [1.54, 1.807) is 4.90 Å². The third-order valence-electron chi connectivity index (χ3n) is 3.46. The fourth-order valence-electron chi connectivity index (χ4n) is 2.63. The molecule has 4 heteroatoms. The molecular weight excluding hydrogens is 210 g/mol. The number of hydrogen-bond acceptors (Lipinski definition) is 3. The van der Waals surface area contributed by atoms with Gasteiger partial charge >= 0.3 is 0 Å². The zero-order chi connectivity index (χ0) is 10.9. The second-order valence-corrected chi connectivity index (χ2v) is 5.65. The number of carbonyl (C=O) groups excluding carboxylic acids is 1. The molecule has 86 valence electrons. The third kappa shape index (κ3) is 2.67. The van der Waals surface area contributed by atoms with Crippen molar-refractivity contribution in [2.45, 2.75) is 49.4 Å². The number of amides is 1. The second-order valence-electron chi connectivity index (χ2n) is 4.92. The minimum atomic E-state index is -0.619. The van der Waals surface area contributed by atoms with Gasteiger partial charge in [0.25, 0.3) is 0 Å². The summed E-state index contributed by atoms with van der Waals surface area (Å²) in [6.07, 6.45) is 5.60. The lowest BCUT2D eigenvalue weighted by molar-refractivity contribution is -0.131. The number of likely N-dealkylation sites (tertiary alicyclic amines) is 1. The molecule has 0 radical (unpaired) electrons. The summed E-state index contributed by atoms with van der Waals surface area (Å²) >= 11 is 4.31. The van der Waals surface area contributed by atoms with Crippen molar-refractivity contribution in [3.05, 3.63) is 0 Å². The van der Waals surface area contributed by atoms with Crippen LogP contribution in [-0.4, -0.2) is 39.9 Å². The lowest BCUT2D eigenvalue weighted by Gasteiger charge is -2.35. The molecule has 2 aliphatic rings. The van der Waals surface area contributed by atoms with E-state index in [1.165, 1.54) is 6.42 Å². The van der Waals surface area contributed by atoms with Crippen LogP contribution in [0.2, 0.25) is 0 Å². The van der Waals surface area contributed by atoms with Gasteiger partial charge in [-0.15, -0.1) is 0 Å². The van der Waals surface area contributed by atoms with Gasteiger partial charge in [-0.1, -0.05) is 19.3 Å². The minimum absolute atomic E-state index is 0.147. The van der Waals surface area contributed by atoms with Crippen molar-refractivity contribution in [1.82, 2.24) is 4.90 Å². The standard InChI is InChI=1S/C11H19NO2S/c13-10-6-9(15)7-12(10)8-11(14)4-2-1-3-5-11/h9,14-15H,1-8H2. The van der Waals surface area contributed by atoms with Crippen molar-refractivity contribution in [2.75, 3.05) is 13.1 Å². The van der Waals surface area contributed by atoms with Crippen LogP contribution in [0.5, 0.6) is 0 Å². The summed E-state index contributed by atoms with van der Waals surface area (Å²) in [6, 6.07) is 0. The summed E-state index contributed by atoms with van der Waals surface area (Å²) in [4.78, 5) is 13.3. The fraction of sp³-hybridized carbons (Fsp3) is 0.909. The number of rotatable bonds is 2. The maximum atomic E-state index is 11.6. The Morgan fingerprint density at radius 1 is 1.40 bits per heavy atom. The van der Waals surface area contributed by atoms with Crippen molar-refractivity contribution in [1.29, 1.82) is 0 Å². The molecular formula is C11H19NO2S. The summed E-state index contributed by atoms with van der Waals surface area (Å²) in [5.74, 6) is 0.147. The lowest BCUT2D eigenvalue weighted by Crippen LogP contribution is -2.45. The predicted molar refractivity (Wildman–Crippen MR) is 62.0 cm³/mol. The summed E-state index contributed by atoms with van der Waals surface area (Å²) in [7, 11) is 0. The van der Waals surface area contributed by atoms with Crippen LogP contribution in [0.3, 0.4) is 0 Å².